The first-order valence-corrected chi connectivity index (χ1v) is 6.87. The van der Waals surface area contributed by atoms with E-state index in [4.69, 9.17) is 0 Å². The Morgan fingerprint density at radius 2 is 1.42 bits per heavy atom. The number of aliphatic hydroxyl groups is 1. The van der Waals surface area contributed by atoms with E-state index in [1.165, 1.54) is 0 Å². The van der Waals surface area contributed by atoms with Gasteiger partial charge in [0.15, 0.2) is 0 Å². The van der Waals surface area contributed by atoms with Gasteiger partial charge in [0.25, 0.3) is 5.91 Å². The second kappa shape index (κ2) is 6.62. The first kappa shape index (κ1) is 20.3. The van der Waals surface area contributed by atoms with Crippen LogP contribution in [0.1, 0.15) is 42.3 Å². The molecule has 0 radical (unpaired) electrons. The van der Waals surface area contributed by atoms with Crippen LogP contribution in [0.5, 0.6) is 0 Å². The Balaban J connectivity index is 3.30. The quantitative estimate of drug-likeness (QED) is 0.807. The summed E-state index contributed by atoms with van der Waals surface area (Å²) >= 11 is 0. The zero-order valence-corrected chi connectivity index (χ0v) is 13.1. The smallest absolute Gasteiger partial charge is 0.394 e. The highest BCUT2D eigenvalue weighted by atomic mass is 19.4. The molecule has 0 fully saturated rings. The van der Waals surface area contributed by atoms with E-state index in [2.05, 4.69) is 5.32 Å². The van der Waals surface area contributed by atoms with Crippen molar-refractivity contribution in [2.24, 2.45) is 5.41 Å². The van der Waals surface area contributed by atoms with Crippen molar-refractivity contribution in [1.29, 1.82) is 0 Å². The zero-order chi connectivity index (χ0) is 18.9. The third-order valence-corrected chi connectivity index (χ3v) is 3.38. The van der Waals surface area contributed by atoms with Crippen molar-refractivity contribution in [3.8, 4) is 0 Å². The van der Waals surface area contributed by atoms with Crippen molar-refractivity contribution in [3.63, 3.8) is 0 Å². The fourth-order valence-corrected chi connectivity index (χ4v) is 1.86. The highest BCUT2D eigenvalue weighted by molar-refractivity contribution is 5.95. The van der Waals surface area contributed by atoms with E-state index in [-0.39, 0.29) is 6.07 Å². The molecule has 0 saturated carbocycles. The molecule has 0 unspecified atom stereocenters. The molecule has 9 heteroatoms. The molecule has 0 aliphatic rings. The van der Waals surface area contributed by atoms with Crippen LogP contribution in [0.4, 0.5) is 26.3 Å². The number of halogens is 6. The van der Waals surface area contributed by atoms with E-state index in [1.54, 1.807) is 20.8 Å². The first-order valence-electron chi connectivity index (χ1n) is 6.87. The third-order valence-electron chi connectivity index (χ3n) is 3.38. The van der Waals surface area contributed by atoms with Crippen LogP contribution in [0.25, 0.3) is 0 Å². The summed E-state index contributed by atoms with van der Waals surface area (Å²) in [6.45, 7) is 4.45. The maximum atomic E-state index is 12.8. The van der Waals surface area contributed by atoms with Gasteiger partial charge in [0.05, 0.1) is 23.8 Å². The number of nitrogens with one attached hydrogen (secondary N) is 1. The van der Waals surface area contributed by atoms with E-state index in [0.29, 0.717) is 12.1 Å². The van der Waals surface area contributed by atoms with Gasteiger partial charge in [-0.05, 0) is 23.6 Å². The fraction of sp³-hybridized carbons (Fsp3) is 0.533. The largest absolute Gasteiger partial charge is 0.416 e. The number of carbonyl (C=O) groups excluding carboxylic acids is 1. The summed E-state index contributed by atoms with van der Waals surface area (Å²) in [7, 11) is 0. The lowest BCUT2D eigenvalue weighted by Crippen LogP contribution is -2.46. The average Bonchev–Trinajstić information content (AvgIpc) is 2.40. The molecule has 136 valence electrons. The Hall–Kier alpha value is -1.77. The molecule has 0 saturated heterocycles. The SMILES string of the molecule is CC(C)(C)[C@@H](CO)NC(=O)c1cc(C(F)(F)F)cc(C(F)(F)F)c1. The minimum atomic E-state index is -5.03. The molecule has 0 bridgehead atoms. The third kappa shape index (κ3) is 5.12. The molecule has 3 nitrogen and oxygen atoms in total. The predicted octanol–water partition coefficient (Wildman–Crippen LogP) is 3.86. The molecule has 1 amide bonds. The standard InChI is InChI=1S/C15H17F6NO2/c1-13(2,3)11(7-23)22-12(24)8-4-9(14(16,17)18)6-10(5-8)15(19,20)21/h4-6,11,23H,7H2,1-3H3,(H,22,24)/t11-/m1/s1. The van der Waals surface area contributed by atoms with Crippen LogP contribution >= 0.6 is 0 Å². The number of benzene rings is 1. The molecular formula is C15H17F6NO2. The maximum absolute atomic E-state index is 12.8. The van der Waals surface area contributed by atoms with Gasteiger partial charge in [0, 0.05) is 5.56 Å². The molecule has 1 rings (SSSR count). The molecule has 0 aliphatic carbocycles. The monoisotopic (exact) mass is 357 g/mol. The molecule has 24 heavy (non-hydrogen) atoms. The van der Waals surface area contributed by atoms with E-state index in [0.717, 1.165) is 0 Å². The summed E-state index contributed by atoms with van der Waals surface area (Å²) in [6.07, 6.45) is -10.1. The van der Waals surface area contributed by atoms with Gasteiger partial charge >= 0.3 is 12.4 Å². The summed E-state index contributed by atoms with van der Waals surface area (Å²) in [6, 6.07) is -0.193. The van der Waals surface area contributed by atoms with E-state index in [9.17, 15) is 36.2 Å². The summed E-state index contributed by atoms with van der Waals surface area (Å²) in [4.78, 5) is 12.1. The van der Waals surface area contributed by atoms with Crippen molar-refractivity contribution < 1.29 is 36.2 Å². The lowest BCUT2D eigenvalue weighted by Gasteiger charge is -2.30. The Kier molecular flexibility index (Phi) is 5.59. The summed E-state index contributed by atoms with van der Waals surface area (Å²) in [5.74, 6) is -1.12. The van der Waals surface area contributed by atoms with E-state index >= 15 is 0 Å². The van der Waals surface area contributed by atoms with Gasteiger partial charge < -0.3 is 10.4 Å². The van der Waals surface area contributed by atoms with Crippen LogP contribution < -0.4 is 5.32 Å². The lowest BCUT2D eigenvalue weighted by molar-refractivity contribution is -0.143. The maximum Gasteiger partial charge on any atom is 0.416 e. The summed E-state index contributed by atoms with van der Waals surface area (Å²) in [5, 5.41) is 11.5. The topological polar surface area (TPSA) is 49.3 Å². The number of amides is 1. The van der Waals surface area contributed by atoms with Crippen molar-refractivity contribution >= 4 is 5.91 Å². The number of hydrogen-bond acceptors (Lipinski definition) is 2. The molecule has 0 aromatic heterocycles. The van der Waals surface area contributed by atoms with Gasteiger partial charge in [0.2, 0.25) is 0 Å². The normalized spacial score (nSPS) is 14.4. The second-order valence-electron chi connectivity index (χ2n) is 6.37. The van der Waals surface area contributed by atoms with Gasteiger partial charge in [-0.2, -0.15) is 26.3 Å². The molecule has 0 spiro atoms. The van der Waals surface area contributed by atoms with Gasteiger partial charge in [-0.25, -0.2) is 0 Å². The van der Waals surface area contributed by atoms with Crippen LogP contribution in [0, 0.1) is 5.41 Å². The van der Waals surface area contributed by atoms with Crippen LogP contribution in [0.15, 0.2) is 18.2 Å². The second-order valence-corrected chi connectivity index (χ2v) is 6.37. The summed E-state index contributed by atoms with van der Waals surface area (Å²) < 4.78 is 76.7. The average molecular weight is 357 g/mol. The Morgan fingerprint density at radius 1 is 1.00 bits per heavy atom. The van der Waals surface area contributed by atoms with Crippen molar-refractivity contribution in [2.75, 3.05) is 6.61 Å². The molecular weight excluding hydrogens is 340 g/mol. The number of hydrogen-bond donors (Lipinski definition) is 2. The Bertz CT molecular complexity index is 569. The van der Waals surface area contributed by atoms with Crippen molar-refractivity contribution in [2.45, 2.75) is 39.2 Å². The molecule has 0 heterocycles. The highest BCUT2D eigenvalue weighted by Gasteiger charge is 2.38. The number of aliphatic hydroxyl groups excluding tert-OH is 1. The molecule has 1 aromatic carbocycles. The summed E-state index contributed by atoms with van der Waals surface area (Å²) in [5.41, 5.74) is -4.56. The van der Waals surface area contributed by atoms with Crippen LogP contribution in [0.2, 0.25) is 0 Å². The Morgan fingerprint density at radius 3 is 1.71 bits per heavy atom. The number of alkyl halides is 6. The van der Waals surface area contributed by atoms with Gasteiger partial charge in [-0.1, -0.05) is 20.8 Å². The van der Waals surface area contributed by atoms with Gasteiger partial charge in [-0.15, -0.1) is 0 Å². The predicted molar refractivity (Wildman–Crippen MR) is 74.2 cm³/mol. The minimum absolute atomic E-state index is 0.0515. The van der Waals surface area contributed by atoms with E-state index < -0.39 is 53.0 Å². The fourth-order valence-electron chi connectivity index (χ4n) is 1.86. The highest BCUT2D eigenvalue weighted by Crippen LogP contribution is 2.36. The van der Waals surface area contributed by atoms with Crippen LogP contribution in [-0.2, 0) is 12.4 Å². The first-order chi connectivity index (χ1) is 10.7. The molecule has 2 N–H and O–H groups in total. The minimum Gasteiger partial charge on any atom is -0.394 e. The molecule has 0 aliphatic heterocycles. The molecule has 1 atom stereocenters. The van der Waals surface area contributed by atoms with Gasteiger partial charge in [-0.3, -0.25) is 4.79 Å². The number of carbonyl (C=O) groups is 1. The zero-order valence-electron chi connectivity index (χ0n) is 13.1. The van der Waals surface area contributed by atoms with Gasteiger partial charge in [0.1, 0.15) is 0 Å². The molecule has 1 aromatic rings. The van der Waals surface area contributed by atoms with Crippen LogP contribution in [-0.4, -0.2) is 23.7 Å². The number of rotatable bonds is 3. The van der Waals surface area contributed by atoms with Crippen LogP contribution in [0.3, 0.4) is 0 Å². The van der Waals surface area contributed by atoms with Crippen molar-refractivity contribution in [3.05, 3.63) is 34.9 Å². The Labute approximate surface area is 134 Å². The van der Waals surface area contributed by atoms with Crippen molar-refractivity contribution in [1.82, 2.24) is 5.32 Å². The lowest BCUT2D eigenvalue weighted by atomic mass is 9.87. The van der Waals surface area contributed by atoms with E-state index in [1.807, 2.05) is 0 Å².